The van der Waals surface area contributed by atoms with Crippen molar-refractivity contribution in [3.05, 3.63) is 18.0 Å². The number of hydrogen-bond donors (Lipinski definition) is 1. The quantitative estimate of drug-likeness (QED) is 0.929. The summed E-state index contributed by atoms with van der Waals surface area (Å²) in [7, 11) is 0. The highest BCUT2D eigenvalue weighted by Gasteiger charge is 2.23. The predicted octanol–water partition coefficient (Wildman–Crippen LogP) is 2.70. The fourth-order valence-electron chi connectivity index (χ4n) is 3.17. The minimum atomic E-state index is 0.0405. The molecule has 2 fully saturated rings. The van der Waals surface area contributed by atoms with Crippen LogP contribution in [0.2, 0.25) is 0 Å². The molecule has 1 aromatic rings. The average molecular weight is 288 g/mol. The van der Waals surface area contributed by atoms with Crippen molar-refractivity contribution in [3.8, 4) is 0 Å². The minimum absolute atomic E-state index is 0.0405. The summed E-state index contributed by atoms with van der Waals surface area (Å²) in [5, 5.41) is 3.35. The number of nitrogens with zero attached hydrogens (tertiary/aromatic N) is 3. The van der Waals surface area contributed by atoms with Gasteiger partial charge in [0.05, 0.1) is 0 Å². The fraction of sp³-hybridized carbons (Fsp3) is 0.688. The van der Waals surface area contributed by atoms with Gasteiger partial charge >= 0.3 is 0 Å². The second-order valence-electron chi connectivity index (χ2n) is 6.37. The van der Waals surface area contributed by atoms with Crippen LogP contribution in [0.1, 0.15) is 55.9 Å². The molecule has 0 spiro atoms. The Bertz CT molecular complexity index is 491. The van der Waals surface area contributed by atoms with E-state index in [-0.39, 0.29) is 5.91 Å². The molecule has 1 saturated carbocycles. The highest BCUT2D eigenvalue weighted by atomic mass is 16.2. The van der Waals surface area contributed by atoms with Gasteiger partial charge in [-0.1, -0.05) is 19.8 Å². The first-order valence-electron chi connectivity index (χ1n) is 8.11. The molecule has 1 aromatic heterocycles. The molecule has 0 aromatic carbocycles. The molecule has 1 saturated heterocycles. The van der Waals surface area contributed by atoms with Gasteiger partial charge in [-0.2, -0.15) is 0 Å². The first kappa shape index (κ1) is 14.3. The molecule has 114 valence electrons. The fourth-order valence-corrected chi connectivity index (χ4v) is 3.17. The summed E-state index contributed by atoms with van der Waals surface area (Å²) in [4.78, 5) is 23.1. The van der Waals surface area contributed by atoms with Crippen LogP contribution in [-0.2, 0) is 0 Å². The average Bonchev–Trinajstić information content (AvgIpc) is 3.00. The van der Waals surface area contributed by atoms with Crippen LogP contribution >= 0.6 is 0 Å². The number of amides is 1. The lowest BCUT2D eigenvalue weighted by molar-refractivity contribution is 0.0691. The summed E-state index contributed by atoms with van der Waals surface area (Å²) >= 11 is 0. The van der Waals surface area contributed by atoms with Crippen molar-refractivity contribution in [2.45, 2.75) is 51.5 Å². The Balaban J connectivity index is 1.65. The van der Waals surface area contributed by atoms with E-state index in [1.807, 2.05) is 4.90 Å². The van der Waals surface area contributed by atoms with Gasteiger partial charge in [-0.3, -0.25) is 4.79 Å². The summed E-state index contributed by atoms with van der Waals surface area (Å²) in [5.41, 5.74) is 0.514. The van der Waals surface area contributed by atoms with Crippen molar-refractivity contribution in [2.75, 3.05) is 18.4 Å². The van der Waals surface area contributed by atoms with Gasteiger partial charge in [0, 0.05) is 25.3 Å². The van der Waals surface area contributed by atoms with Crippen molar-refractivity contribution < 1.29 is 4.79 Å². The van der Waals surface area contributed by atoms with E-state index in [4.69, 9.17) is 0 Å². The van der Waals surface area contributed by atoms with E-state index in [1.165, 1.54) is 25.7 Å². The zero-order valence-corrected chi connectivity index (χ0v) is 12.7. The van der Waals surface area contributed by atoms with Crippen molar-refractivity contribution in [3.63, 3.8) is 0 Å². The Kier molecular flexibility index (Phi) is 4.36. The highest BCUT2D eigenvalue weighted by Crippen LogP contribution is 2.21. The number of anilines is 1. The predicted molar refractivity (Wildman–Crippen MR) is 82.2 cm³/mol. The Morgan fingerprint density at radius 2 is 1.95 bits per heavy atom. The zero-order valence-electron chi connectivity index (χ0n) is 12.7. The Morgan fingerprint density at radius 1 is 1.24 bits per heavy atom. The smallest absolute Gasteiger partial charge is 0.272 e. The van der Waals surface area contributed by atoms with Crippen molar-refractivity contribution in [2.24, 2.45) is 5.92 Å². The van der Waals surface area contributed by atoms with E-state index in [0.29, 0.717) is 17.7 Å². The molecule has 0 atom stereocenters. The van der Waals surface area contributed by atoms with E-state index in [0.717, 1.165) is 31.8 Å². The van der Waals surface area contributed by atoms with Crippen LogP contribution in [0.3, 0.4) is 0 Å². The van der Waals surface area contributed by atoms with Crippen molar-refractivity contribution in [1.29, 1.82) is 0 Å². The molecular weight excluding hydrogens is 264 g/mol. The number of likely N-dealkylation sites (tertiary alicyclic amines) is 1. The standard InChI is InChI=1S/C16H24N4O/c1-12-7-10-20(11-8-12)15(21)14-6-9-17-16(19-14)18-13-4-2-3-5-13/h6,9,12-13H,2-5,7-8,10-11H2,1H3,(H,17,18,19). The first-order valence-corrected chi connectivity index (χ1v) is 8.11. The van der Waals surface area contributed by atoms with E-state index < -0.39 is 0 Å². The number of carbonyl (C=O) groups is 1. The van der Waals surface area contributed by atoms with Gasteiger partial charge in [0.2, 0.25) is 5.95 Å². The van der Waals surface area contributed by atoms with Crippen LogP contribution < -0.4 is 5.32 Å². The SMILES string of the molecule is CC1CCN(C(=O)c2ccnc(NC3CCCC3)n2)CC1. The third kappa shape index (κ3) is 3.52. The normalized spacial score (nSPS) is 20.7. The van der Waals surface area contributed by atoms with Gasteiger partial charge < -0.3 is 10.2 Å². The van der Waals surface area contributed by atoms with Gasteiger partial charge in [-0.15, -0.1) is 0 Å². The van der Waals surface area contributed by atoms with Crippen LogP contribution in [0.25, 0.3) is 0 Å². The van der Waals surface area contributed by atoms with E-state index in [1.54, 1.807) is 12.3 Å². The topological polar surface area (TPSA) is 58.1 Å². The maximum atomic E-state index is 12.5. The van der Waals surface area contributed by atoms with Gasteiger partial charge in [0.25, 0.3) is 5.91 Å². The van der Waals surface area contributed by atoms with E-state index in [2.05, 4.69) is 22.2 Å². The molecule has 1 aliphatic carbocycles. The molecule has 5 heteroatoms. The van der Waals surface area contributed by atoms with E-state index >= 15 is 0 Å². The molecule has 1 amide bonds. The molecule has 2 aliphatic rings. The number of piperidine rings is 1. The number of carbonyl (C=O) groups excluding carboxylic acids is 1. The van der Waals surface area contributed by atoms with Crippen LogP contribution in [0.4, 0.5) is 5.95 Å². The van der Waals surface area contributed by atoms with Crippen molar-refractivity contribution in [1.82, 2.24) is 14.9 Å². The lowest BCUT2D eigenvalue weighted by Gasteiger charge is -2.30. The molecule has 2 heterocycles. The Labute approximate surface area is 126 Å². The van der Waals surface area contributed by atoms with Crippen LogP contribution in [0, 0.1) is 5.92 Å². The van der Waals surface area contributed by atoms with Crippen LogP contribution in [0.15, 0.2) is 12.3 Å². The molecule has 0 radical (unpaired) electrons. The molecule has 5 nitrogen and oxygen atoms in total. The lowest BCUT2D eigenvalue weighted by Crippen LogP contribution is -2.38. The monoisotopic (exact) mass is 288 g/mol. The first-order chi connectivity index (χ1) is 10.2. The molecule has 3 rings (SSSR count). The number of hydrogen-bond acceptors (Lipinski definition) is 4. The van der Waals surface area contributed by atoms with Gasteiger partial charge in [-0.25, -0.2) is 9.97 Å². The number of rotatable bonds is 3. The second kappa shape index (κ2) is 6.41. The molecule has 21 heavy (non-hydrogen) atoms. The summed E-state index contributed by atoms with van der Waals surface area (Å²) in [6, 6.07) is 2.19. The third-order valence-corrected chi connectivity index (χ3v) is 4.63. The highest BCUT2D eigenvalue weighted by molar-refractivity contribution is 5.92. The lowest BCUT2D eigenvalue weighted by atomic mass is 9.99. The Hall–Kier alpha value is -1.65. The largest absolute Gasteiger partial charge is 0.351 e. The second-order valence-corrected chi connectivity index (χ2v) is 6.37. The summed E-state index contributed by atoms with van der Waals surface area (Å²) in [6.45, 7) is 3.93. The summed E-state index contributed by atoms with van der Waals surface area (Å²) in [6.07, 6.45) is 8.74. The third-order valence-electron chi connectivity index (χ3n) is 4.63. The molecule has 0 unspecified atom stereocenters. The minimum Gasteiger partial charge on any atom is -0.351 e. The maximum absolute atomic E-state index is 12.5. The molecule has 1 N–H and O–H groups in total. The van der Waals surface area contributed by atoms with Gasteiger partial charge in [0.15, 0.2) is 0 Å². The summed E-state index contributed by atoms with van der Waals surface area (Å²) < 4.78 is 0. The molecular formula is C16H24N4O. The number of nitrogens with one attached hydrogen (secondary N) is 1. The zero-order chi connectivity index (χ0) is 14.7. The van der Waals surface area contributed by atoms with E-state index in [9.17, 15) is 4.79 Å². The Morgan fingerprint density at radius 3 is 2.67 bits per heavy atom. The number of aromatic nitrogens is 2. The van der Waals surface area contributed by atoms with Crippen molar-refractivity contribution >= 4 is 11.9 Å². The van der Waals surface area contributed by atoms with Gasteiger partial charge in [-0.05, 0) is 37.7 Å². The van der Waals surface area contributed by atoms with Crippen LogP contribution in [-0.4, -0.2) is 39.9 Å². The summed E-state index contributed by atoms with van der Waals surface area (Å²) in [5.74, 6) is 1.36. The maximum Gasteiger partial charge on any atom is 0.272 e. The van der Waals surface area contributed by atoms with Crippen LogP contribution in [0.5, 0.6) is 0 Å². The molecule has 1 aliphatic heterocycles. The molecule has 0 bridgehead atoms. The van der Waals surface area contributed by atoms with Gasteiger partial charge in [0.1, 0.15) is 5.69 Å².